The molecule has 1 aromatic rings. The van der Waals surface area contributed by atoms with Crippen LogP contribution in [0.2, 0.25) is 0 Å². The van der Waals surface area contributed by atoms with Crippen LogP contribution in [-0.4, -0.2) is 38.5 Å². The van der Waals surface area contributed by atoms with E-state index in [-0.39, 0.29) is 6.04 Å². The second kappa shape index (κ2) is 4.97. The number of hydrogen-bond acceptors (Lipinski definition) is 4. The van der Waals surface area contributed by atoms with Crippen molar-refractivity contribution in [3.8, 4) is 0 Å². The van der Waals surface area contributed by atoms with Crippen molar-refractivity contribution in [2.75, 3.05) is 19.8 Å². The van der Waals surface area contributed by atoms with Crippen LogP contribution in [0, 0.1) is 6.92 Å². The molecule has 0 radical (unpaired) electrons. The third-order valence-corrected chi connectivity index (χ3v) is 6.56. The van der Waals surface area contributed by atoms with E-state index in [4.69, 9.17) is 4.74 Å². The quantitative estimate of drug-likeness (QED) is 0.829. The second-order valence-corrected chi connectivity index (χ2v) is 8.51. The number of nitrogens with zero attached hydrogens (tertiary/aromatic N) is 1. The van der Waals surface area contributed by atoms with Crippen LogP contribution < -0.4 is 0 Å². The van der Waals surface area contributed by atoms with Gasteiger partial charge in [0.15, 0.2) is 0 Å². The normalized spacial score (nSPS) is 22.9. The van der Waals surface area contributed by atoms with E-state index in [1.807, 2.05) is 13.8 Å². The standard InChI is InChI=1S/C10H14BrNO3S2/c1-7-6-15-4-3-12(7)17(13,14)9-5-10(11)16-8(9)2/h5,7H,3-4,6H2,1-2H3. The molecule has 0 spiro atoms. The Bertz CT molecular complexity index is 512. The van der Waals surface area contributed by atoms with Gasteiger partial charge in [0.2, 0.25) is 10.0 Å². The molecule has 0 N–H and O–H groups in total. The Balaban J connectivity index is 2.39. The first-order valence-corrected chi connectivity index (χ1v) is 8.33. The molecule has 2 rings (SSSR count). The van der Waals surface area contributed by atoms with Crippen molar-refractivity contribution < 1.29 is 13.2 Å². The fourth-order valence-electron chi connectivity index (χ4n) is 1.88. The van der Waals surface area contributed by atoms with Crippen LogP contribution >= 0.6 is 27.3 Å². The van der Waals surface area contributed by atoms with Gasteiger partial charge in [-0.15, -0.1) is 11.3 Å². The first-order chi connectivity index (χ1) is 7.93. The number of hydrogen-bond donors (Lipinski definition) is 0. The van der Waals surface area contributed by atoms with E-state index >= 15 is 0 Å². The molecular formula is C10H14BrNO3S2. The summed E-state index contributed by atoms with van der Waals surface area (Å²) in [6.07, 6.45) is 0. The van der Waals surface area contributed by atoms with Gasteiger partial charge in [-0.3, -0.25) is 0 Å². The molecule has 1 aliphatic rings. The van der Waals surface area contributed by atoms with Crippen molar-refractivity contribution in [1.82, 2.24) is 4.31 Å². The highest BCUT2D eigenvalue weighted by Crippen LogP contribution is 2.32. The molecule has 1 aromatic heterocycles. The molecule has 0 aliphatic carbocycles. The second-order valence-electron chi connectivity index (χ2n) is 4.01. The van der Waals surface area contributed by atoms with E-state index in [1.54, 1.807) is 6.07 Å². The highest BCUT2D eigenvalue weighted by atomic mass is 79.9. The van der Waals surface area contributed by atoms with Crippen LogP contribution in [0.3, 0.4) is 0 Å². The minimum atomic E-state index is -3.39. The van der Waals surface area contributed by atoms with E-state index in [0.717, 1.165) is 8.66 Å². The third-order valence-electron chi connectivity index (χ3n) is 2.74. The van der Waals surface area contributed by atoms with Crippen LogP contribution in [0.4, 0.5) is 0 Å². The summed E-state index contributed by atoms with van der Waals surface area (Å²) in [6, 6.07) is 1.57. The summed E-state index contributed by atoms with van der Waals surface area (Å²) in [5.41, 5.74) is 0. The van der Waals surface area contributed by atoms with Gasteiger partial charge in [0.05, 0.1) is 21.9 Å². The fourth-order valence-corrected chi connectivity index (χ4v) is 5.87. The molecule has 1 fully saturated rings. The van der Waals surface area contributed by atoms with Gasteiger partial charge in [-0.1, -0.05) is 0 Å². The molecule has 2 heterocycles. The van der Waals surface area contributed by atoms with E-state index in [1.165, 1.54) is 15.6 Å². The lowest BCUT2D eigenvalue weighted by Crippen LogP contribution is -2.46. The number of ether oxygens (including phenoxy) is 1. The van der Waals surface area contributed by atoms with Gasteiger partial charge < -0.3 is 4.74 Å². The highest BCUT2D eigenvalue weighted by molar-refractivity contribution is 9.11. The largest absolute Gasteiger partial charge is 0.378 e. The summed E-state index contributed by atoms with van der Waals surface area (Å²) in [7, 11) is -3.39. The van der Waals surface area contributed by atoms with Crippen molar-refractivity contribution >= 4 is 37.3 Å². The van der Waals surface area contributed by atoms with Gasteiger partial charge in [0, 0.05) is 17.5 Å². The molecule has 1 atom stereocenters. The molecule has 4 nitrogen and oxygen atoms in total. The third kappa shape index (κ3) is 2.58. The van der Waals surface area contributed by atoms with Gasteiger partial charge in [0.1, 0.15) is 0 Å². The zero-order chi connectivity index (χ0) is 12.6. The maximum atomic E-state index is 12.5. The Hall–Kier alpha value is 0.0500. The lowest BCUT2D eigenvalue weighted by atomic mass is 10.3. The number of morpholine rings is 1. The lowest BCUT2D eigenvalue weighted by molar-refractivity contribution is 0.0392. The minimum Gasteiger partial charge on any atom is -0.378 e. The molecular weight excluding hydrogens is 326 g/mol. The van der Waals surface area contributed by atoms with Gasteiger partial charge in [-0.05, 0) is 35.8 Å². The molecule has 0 bridgehead atoms. The molecule has 1 unspecified atom stereocenters. The Kier molecular flexibility index (Phi) is 3.94. The summed E-state index contributed by atoms with van der Waals surface area (Å²) >= 11 is 4.77. The van der Waals surface area contributed by atoms with Gasteiger partial charge in [0.25, 0.3) is 0 Å². The molecule has 0 saturated carbocycles. The zero-order valence-corrected chi connectivity index (χ0v) is 12.9. The molecule has 0 aromatic carbocycles. The lowest BCUT2D eigenvalue weighted by Gasteiger charge is -2.32. The Morgan fingerprint density at radius 2 is 2.29 bits per heavy atom. The number of thiophene rings is 1. The van der Waals surface area contributed by atoms with Crippen molar-refractivity contribution in [2.24, 2.45) is 0 Å². The number of halogens is 1. The van der Waals surface area contributed by atoms with Crippen LogP contribution in [0.5, 0.6) is 0 Å². The Morgan fingerprint density at radius 3 is 2.82 bits per heavy atom. The molecule has 1 saturated heterocycles. The average Bonchev–Trinajstić information content (AvgIpc) is 2.59. The van der Waals surface area contributed by atoms with Crippen molar-refractivity contribution in [3.63, 3.8) is 0 Å². The van der Waals surface area contributed by atoms with Crippen LogP contribution in [0.15, 0.2) is 14.7 Å². The average molecular weight is 340 g/mol. The zero-order valence-electron chi connectivity index (χ0n) is 9.64. The summed E-state index contributed by atoms with van der Waals surface area (Å²) in [5.74, 6) is 0. The number of aryl methyl sites for hydroxylation is 1. The summed E-state index contributed by atoms with van der Waals surface area (Å²) in [5, 5.41) is 0. The Labute approximate surface area is 114 Å². The smallest absolute Gasteiger partial charge is 0.244 e. The highest BCUT2D eigenvalue weighted by Gasteiger charge is 2.33. The molecule has 0 amide bonds. The van der Waals surface area contributed by atoms with E-state index in [2.05, 4.69) is 15.9 Å². The van der Waals surface area contributed by atoms with Crippen LogP contribution in [0.25, 0.3) is 0 Å². The van der Waals surface area contributed by atoms with Gasteiger partial charge >= 0.3 is 0 Å². The first-order valence-electron chi connectivity index (χ1n) is 5.28. The maximum absolute atomic E-state index is 12.5. The van der Waals surface area contributed by atoms with Crippen molar-refractivity contribution in [1.29, 1.82) is 0 Å². The number of rotatable bonds is 2. The summed E-state index contributed by atoms with van der Waals surface area (Å²) in [6.45, 7) is 5.05. The minimum absolute atomic E-state index is 0.105. The van der Waals surface area contributed by atoms with Crippen LogP contribution in [-0.2, 0) is 14.8 Å². The monoisotopic (exact) mass is 339 g/mol. The molecule has 96 valence electrons. The summed E-state index contributed by atoms with van der Waals surface area (Å²) in [4.78, 5) is 1.22. The van der Waals surface area contributed by atoms with Crippen molar-refractivity contribution in [3.05, 3.63) is 14.7 Å². The topological polar surface area (TPSA) is 46.6 Å². The van der Waals surface area contributed by atoms with E-state index < -0.39 is 10.0 Å². The fraction of sp³-hybridized carbons (Fsp3) is 0.600. The van der Waals surface area contributed by atoms with Crippen LogP contribution in [0.1, 0.15) is 11.8 Å². The number of sulfonamides is 1. The SMILES string of the molecule is Cc1sc(Br)cc1S(=O)(=O)N1CCOCC1C. The molecule has 1 aliphatic heterocycles. The molecule has 7 heteroatoms. The van der Waals surface area contributed by atoms with Crippen molar-refractivity contribution in [2.45, 2.75) is 24.8 Å². The van der Waals surface area contributed by atoms with Gasteiger partial charge in [-0.25, -0.2) is 8.42 Å². The maximum Gasteiger partial charge on any atom is 0.244 e. The molecule has 17 heavy (non-hydrogen) atoms. The first kappa shape index (κ1) is 13.5. The Morgan fingerprint density at radius 1 is 1.59 bits per heavy atom. The predicted molar refractivity (Wildman–Crippen MR) is 70.9 cm³/mol. The van der Waals surface area contributed by atoms with Gasteiger partial charge in [-0.2, -0.15) is 4.31 Å². The van der Waals surface area contributed by atoms with E-state index in [0.29, 0.717) is 24.7 Å². The summed E-state index contributed by atoms with van der Waals surface area (Å²) < 4.78 is 32.6. The predicted octanol–water partition coefficient (Wildman–Crippen LogP) is 2.23. The van der Waals surface area contributed by atoms with E-state index in [9.17, 15) is 8.42 Å².